The molecular weight excluding hydrogens is 278 g/mol. The maximum atomic E-state index is 11.9. The largest absolute Gasteiger partial charge is 0.476 e. The zero-order valence-electron chi connectivity index (χ0n) is 13.0. The Morgan fingerprint density at radius 1 is 1.09 bits per heavy atom. The third-order valence-electron chi connectivity index (χ3n) is 3.62. The summed E-state index contributed by atoms with van der Waals surface area (Å²) in [7, 11) is 0. The molecule has 1 aromatic heterocycles. The van der Waals surface area contributed by atoms with E-state index in [1.807, 2.05) is 36.4 Å². The summed E-state index contributed by atoms with van der Waals surface area (Å²) in [6, 6.07) is 13.9. The van der Waals surface area contributed by atoms with Crippen molar-refractivity contribution in [3.63, 3.8) is 0 Å². The molecule has 3 rings (SSSR count). The van der Waals surface area contributed by atoms with E-state index in [9.17, 15) is 4.79 Å². The van der Waals surface area contributed by atoms with Crippen LogP contribution >= 0.6 is 0 Å². The van der Waals surface area contributed by atoms with Crippen molar-refractivity contribution in [3.05, 3.63) is 42.5 Å². The van der Waals surface area contributed by atoms with Gasteiger partial charge in [-0.05, 0) is 39.0 Å². The first-order valence-corrected chi connectivity index (χ1v) is 7.38. The summed E-state index contributed by atoms with van der Waals surface area (Å²) in [5.41, 5.74) is 1.05. The zero-order valence-corrected chi connectivity index (χ0v) is 13.0. The first-order valence-electron chi connectivity index (χ1n) is 7.38. The molecule has 0 amide bonds. The summed E-state index contributed by atoms with van der Waals surface area (Å²) in [6.07, 6.45) is 0. The van der Waals surface area contributed by atoms with E-state index in [0.29, 0.717) is 12.4 Å². The third kappa shape index (κ3) is 2.52. The van der Waals surface area contributed by atoms with E-state index in [-0.39, 0.29) is 5.97 Å². The molecule has 0 spiro atoms. The number of carbonyl (C=O) groups excluding carboxylic acids is 1. The molecule has 0 atom stereocenters. The van der Waals surface area contributed by atoms with Crippen molar-refractivity contribution < 1.29 is 14.3 Å². The van der Waals surface area contributed by atoms with Crippen molar-refractivity contribution in [2.45, 2.75) is 26.4 Å². The number of aromatic nitrogens is 1. The second-order valence-corrected chi connectivity index (χ2v) is 5.71. The molecule has 0 fully saturated rings. The van der Waals surface area contributed by atoms with Gasteiger partial charge in [-0.3, -0.25) is 0 Å². The fourth-order valence-corrected chi connectivity index (χ4v) is 2.54. The lowest BCUT2D eigenvalue weighted by Gasteiger charge is -2.24. The van der Waals surface area contributed by atoms with E-state index in [2.05, 4.69) is 11.1 Å². The van der Waals surface area contributed by atoms with Crippen LogP contribution in [0.1, 0.15) is 20.8 Å². The summed E-state index contributed by atoms with van der Waals surface area (Å²) >= 11 is 0. The second kappa shape index (κ2) is 5.37. The van der Waals surface area contributed by atoms with Crippen molar-refractivity contribution in [2.24, 2.45) is 0 Å². The lowest BCUT2D eigenvalue weighted by molar-refractivity contribution is -0.158. The molecular formula is C18H19NO3. The van der Waals surface area contributed by atoms with Crippen molar-refractivity contribution in [3.8, 4) is 5.75 Å². The maximum Gasteiger partial charge on any atom is 0.349 e. The van der Waals surface area contributed by atoms with Crippen LogP contribution in [0.2, 0.25) is 0 Å². The topological polar surface area (TPSA) is 51.3 Å². The number of esters is 1. The molecule has 3 aromatic rings. The van der Waals surface area contributed by atoms with Gasteiger partial charge in [0.15, 0.2) is 5.60 Å². The van der Waals surface area contributed by atoms with Crippen molar-refractivity contribution in [1.29, 1.82) is 0 Å². The van der Waals surface area contributed by atoms with Crippen LogP contribution in [0.15, 0.2) is 42.5 Å². The van der Waals surface area contributed by atoms with E-state index in [4.69, 9.17) is 9.47 Å². The molecule has 114 valence electrons. The Morgan fingerprint density at radius 3 is 2.59 bits per heavy atom. The minimum Gasteiger partial charge on any atom is -0.476 e. The highest BCUT2D eigenvalue weighted by molar-refractivity contribution is 6.07. The summed E-state index contributed by atoms with van der Waals surface area (Å²) in [6.45, 7) is 5.54. The average molecular weight is 297 g/mol. The molecule has 4 heteroatoms. The molecule has 22 heavy (non-hydrogen) atoms. The minimum atomic E-state index is -1.02. The van der Waals surface area contributed by atoms with E-state index >= 15 is 0 Å². The fourth-order valence-electron chi connectivity index (χ4n) is 2.54. The maximum absolute atomic E-state index is 11.9. The lowest BCUT2D eigenvalue weighted by atomic mass is 10.1. The molecule has 0 unspecified atom stereocenters. The van der Waals surface area contributed by atoms with Crippen LogP contribution in [-0.4, -0.2) is 23.2 Å². The fraction of sp³-hybridized carbons (Fsp3) is 0.278. The van der Waals surface area contributed by atoms with Gasteiger partial charge in [0.1, 0.15) is 5.75 Å². The summed E-state index contributed by atoms with van der Waals surface area (Å²) in [5.74, 6) is 0.267. The quantitative estimate of drug-likeness (QED) is 0.739. The monoisotopic (exact) mass is 297 g/mol. The Morgan fingerprint density at radius 2 is 1.82 bits per heavy atom. The van der Waals surface area contributed by atoms with E-state index in [1.165, 1.54) is 5.39 Å². The van der Waals surface area contributed by atoms with Gasteiger partial charge in [-0.25, -0.2) is 4.79 Å². The van der Waals surface area contributed by atoms with Gasteiger partial charge < -0.3 is 14.5 Å². The van der Waals surface area contributed by atoms with Crippen LogP contribution in [-0.2, 0) is 9.53 Å². The average Bonchev–Trinajstić information content (AvgIpc) is 2.84. The zero-order chi connectivity index (χ0) is 15.7. The summed E-state index contributed by atoms with van der Waals surface area (Å²) in [4.78, 5) is 15.3. The van der Waals surface area contributed by atoms with Gasteiger partial charge in [0.05, 0.1) is 12.1 Å². The van der Waals surface area contributed by atoms with E-state index in [1.54, 1.807) is 20.8 Å². The second-order valence-electron chi connectivity index (χ2n) is 5.71. The number of fused-ring (bicyclic) bond motifs is 3. The van der Waals surface area contributed by atoms with Gasteiger partial charge in [0.25, 0.3) is 0 Å². The Labute approximate surface area is 129 Å². The number of nitrogens with one attached hydrogen (secondary N) is 1. The highest BCUT2D eigenvalue weighted by atomic mass is 16.6. The molecule has 0 aliphatic carbocycles. The van der Waals surface area contributed by atoms with Gasteiger partial charge in [-0.2, -0.15) is 0 Å². The Bertz CT molecular complexity index is 833. The SMILES string of the molecule is CCOC(=O)C(C)(C)Oc1ccc2c(c1)[nH]c1ccccc12. The molecule has 4 nitrogen and oxygen atoms in total. The molecule has 1 heterocycles. The lowest BCUT2D eigenvalue weighted by Crippen LogP contribution is -2.39. The Balaban J connectivity index is 1.95. The van der Waals surface area contributed by atoms with Crippen molar-refractivity contribution in [2.75, 3.05) is 6.61 Å². The molecule has 1 N–H and O–H groups in total. The predicted octanol–water partition coefficient (Wildman–Crippen LogP) is 4.04. The van der Waals surface area contributed by atoms with Crippen LogP contribution in [0.3, 0.4) is 0 Å². The Kier molecular flexibility index (Phi) is 3.53. The molecule has 2 aromatic carbocycles. The molecule has 0 saturated carbocycles. The third-order valence-corrected chi connectivity index (χ3v) is 3.62. The predicted molar refractivity (Wildman–Crippen MR) is 87.1 cm³/mol. The number of H-pyrrole nitrogens is 1. The van der Waals surface area contributed by atoms with Crippen LogP contribution < -0.4 is 4.74 Å². The number of rotatable bonds is 4. The normalized spacial score (nSPS) is 11.8. The van der Waals surface area contributed by atoms with E-state index in [0.717, 1.165) is 16.4 Å². The van der Waals surface area contributed by atoms with Crippen LogP contribution in [0.25, 0.3) is 21.8 Å². The summed E-state index contributed by atoms with van der Waals surface area (Å²) < 4.78 is 10.9. The van der Waals surface area contributed by atoms with Crippen LogP contribution in [0.5, 0.6) is 5.75 Å². The number of ether oxygens (including phenoxy) is 2. The number of carbonyl (C=O) groups is 1. The number of benzene rings is 2. The molecule has 0 radical (unpaired) electrons. The van der Waals surface area contributed by atoms with Crippen molar-refractivity contribution >= 4 is 27.8 Å². The van der Waals surface area contributed by atoms with Gasteiger partial charge in [-0.15, -0.1) is 0 Å². The highest BCUT2D eigenvalue weighted by Gasteiger charge is 2.31. The number of para-hydroxylation sites is 1. The molecule has 0 aliphatic heterocycles. The standard InChI is InChI=1S/C18H19NO3/c1-4-21-17(20)18(2,3)22-12-9-10-14-13-7-5-6-8-15(13)19-16(14)11-12/h5-11,19H,4H2,1-3H3. The van der Waals surface area contributed by atoms with Crippen molar-refractivity contribution in [1.82, 2.24) is 4.98 Å². The first-order chi connectivity index (χ1) is 10.5. The molecule has 0 saturated heterocycles. The molecule has 0 bridgehead atoms. The number of hydrogen-bond acceptors (Lipinski definition) is 3. The number of aromatic amines is 1. The Hall–Kier alpha value is -2.49. The first kappa shape index (κ1) is 14.4. The van der Waals surface area contributed by atoms with Gasteiger partial charge >= 0.3 is 5.97 Å². The van der Waals surface area contributed by atoms with Gasteiger partial charge in [0, 0.05) is 22.4 Å². The van der Waals surface area contributed by atoms with Crippen LogP contribution in [0, 0.1) is 0 Å². The smallest absolute Gasteiger partial charge is 0.349 e. The number of hydrogen-bond donors (Lipinski definition) is 1. The van der Waals surface area contributed by atoms with E-state index < -0.39 is 5.60 Å². The van der Waals surface area contributed by atoms with Gasteiger partial charge in [0.2, 0.25) is 0 Å². The molecule has 0 aliphatic rings. The van der Waals surface area contributed by atoms with Crippen LogP contribution in [0.4, 0.5) is 0 Å². The highest BCUT2D eigenvalue weighted by Crippen LogP contribution is 2.29. The summed E-state index contributed by atoms with van der Waals surface area (Å²) in [5, 5.41) is 2.31. The minimum absolute atomic E-state index is 0.340. The van der Waals surface area contributed by atoms with Gasteiger partial charge in [-0.1, -0.05) is 18.2 Å².